The van der Waals surface area contributed by atoms with Gasteiger partial charge in [-0.05, 0) is 32.8 Å². The molecule has 0 spiro atoms. The molecule has 108 valence electrons. The highest BCUT2D eigenvalue weighted by atomic mass is 16.3. The second kappa shape index (κ2) is 5.74. The quantitative estimate of drug-likeness (QED) is 0.884. The summed E-state index contributed by atoms with van der Waals surface area (Å²) in [4.78, 5) is 14.0. The molecule has 0 atom stereocenters. The second-order valence-corrected chi connectivity index (χ2v) is 5.86. The first-order valence-electron chi connectivity index (χ1n) is 6.71. The summed E-state index contributed by atoms with van der Waals surface area (Å²) in [5.74, 6) is 0.190. The highest BCUT2D eigenvalue weighted by Crippen LogP contribution is 2.16. The number of rotatable bonds is 5. The molecule has 1 N–H and O–H groups in total. The molecule has 5 heteroatoms. The normalized spacial score (nSPS) is 12.0. The molecular formula is C14H25N3O2. The van der Waals surface area contributed by atoms with E-state index in [4.69, 9.17) is 0 Å². The van der Waals surface area contributed by atoms with Gasteiger partial charge in [-0.25, -0.2) is 0 Å². The van der Waals surface area contributed by atoms with Crippen LogP contribution in [-0.4, -0.2) is 44.4 Å². The third-order valence-electron chi connectivity index (χ3n) is 2.97. The summed E-state index contributed by atoms with van der Waals surface area (Å²) < 4.78 is 1.75. The number of aromatic nitrogens is 2. The predicted molar refractivity (Wildman–Crippen MR) is 75.2 cm³/mol. The molecule has 0 saturated heterocycles. The Kier molecular flexibility index (Phi) is 4.74. The number of aryl methyl sites for hydroxylation is 1. The Morgan fingerprint density at radius 3 is 2.47 bits per heavy atom. The number of hydrogen-bond donors (Lipinski definition) is 1. The van der Waals surface area contributed by atoms with Crippen molar-refractivity contribution in [3.05, 3.63) is 17.5 Å². The predicted octanol–water partition coefficient (Wildman–Crippen LogP) is 1.78. The third kappa shape index (κ3) is 4.06. The second-order valence-electron chi connectivity index (χ2n) is 5.86. The number of amides is 1. The van der Waals surface area contributed by atoms with E-state index < -0.39 is 5.60 Å². The lowest BCUT2D eigenvalue weighted by atomic mass is 10.1. The van der Waals surface area contributed by atoms with E-state index in [0.29, 0.717) is 24.7 Å². The highest BCUT2D eigenvalue weighted by Gasteiger charge is 2.24. The van der Waals surface area contributed by atoms with Gasteiger partial charge in [0.2, 0.25) is 0 Å². The van der Waals surface area contributed by atoms with Gasteiger partial charge < -0.3 is 10.0 Å². The Labute approximate surface area is 115 Å². The van der Waals surface area contributed by atoms with E-state index in [1.54, 1.807) is 23.4 Å². The zero-order valence-electron chi connectivity index (χ0n) is 12.8. The molecule has 1 aromatic rings. The largest absolute Gasteiger partial charge is 0.389 e. The van der Waals surface area contributed by atoms with Crippen LogP contribution in [0.25, 0.3) is 0 Å². The molecule has 0 radical (unpaired) electrons. The average molecular weight is 267 g/mol. The van der Waals surface area contributed by atoms with Crippen LogP contribution in [0.1, 0.15) is 56.7 Å². The maximum Gasteiger partial charge on any atom is 0.274 e. The minimum atomic E-state index is -0.901. The Bertz CT molecular complexity index is 444. The van der Waals surface area contributed by atoms with Crippen molar-refractivity contribution in [2.24, 2.45) is 7.05 Å². The molecule has 1 rings (SSSR count). The van der Waals surface area contributed by atoms with E-state index in [-0.39, 0.29) is 5.91 Å². The minimum absolute atomic E-state index is 0.132. The van der Waals surface area contributed by atoms with Crippen molar-refractivity contribution < 1.29 is 9.90 Å². The summed E-state index contributed by atoms with van der Waals surface area (Å²) in [7, 11) is 1.85. The van der Waals surface area contributed by atoms with Crippen LogP contribution in [0.4, 0.5) is 0 Å². The summed E-state index contributed by atoms with van der Waals surface area (Å²) in [6, 6.07) is 1.83. The Balaban J connectivity index is 2.95. The van der Waals surface area contributed by atoms with Crippen LogP contribution in [0, 0.1) is 0 Å². The lowest BCUT2D eigenvalue weighted by Crippen LogP contribution is -2.42. The van der Waals surface area contributed by atoms with Crippen LogP contribution < -0.4 is 0 Å². The topological polar surface area (TPSA) is 58.4 Å². The molecule has 0 aliphatic carbocycles. The van der Waals surface area contributed by atoms with Crippen molar-refractivity contribution in [2.75, 3.05) is 13.1 Å². The number of carbonyl (C=O) groups excluding carboxylic acids is 1. The summed E-state index contributed by atoms with van der Waals surface area (Å²) in [5.41, 5.74) is 0.571. The van der Waals surface area contributed by atoms with Crippen molar-refractivity contribution in [2.45, 2.75) is 46.1 Å². The molecule has 0 fully saturated rings. The van der Waals surface area contributed by atoms with Gasteiger partial charge in [-0.1, -0.05) is 13.8 Å². The fourth-order valence-corrected chi connectivity index (χ4v) is 2.08. The van der Waals surface area contributed by atoms with Gasteiger partial charge in [0.05, 0.1) is 5.60 Å². The summed E-state index contributed by atoms with van der Waals surface area (Å²) in [6.07, 6.45) is 0. The van der Waals surface area contributed by atoms with E-state index in [9.17, 15) is 9.90 Å². The molecule has 5 nitrogen and oxygen atoms in total. The standard InChI is InChI=1S/C14H25N3O2/c1-7-17(9-14(4,5)19)13(18)11-8-12(10(2)3)16(6)15-11/h8,10,19H,7,9H2,1-6H3. The zero-order valence-corrected chi connectivity index (χ0v) is 12.8. The number of hydrogen-bond acceptors (Lipinski definition) is 3. The van der Waals surface area contributed by atoms with Crippen molar-refractivity contribution in [1.82, 2.24) is 14.7 Å². The maximum absolute atomic E-state index is 12.4. The van der Waals surface area contributed by atoms with Gasteiger partial charge in [0.1, 0.15) is 0 Å². The summed E-state index contributed by atoms with van der Waals surface area (Å²) in [5, 5.41) is 14.1. The van der Waals surface area contributed by atoms with Crippen LogP contribution >= 0.6 is 0 Å². The van der Waals surface area contributed by atoms with Gasteiger partial charge in [0.15, 0.2) is 5.69 Å². The average Bonchev–Trinajstić information content (AvgIpc) is 2.66. The first-order chi connectivity index (χ1) is 8.65. The van der Waals surface area contributed by atoms with Crippen LogP contribution in [0.3, 0.4) is 0 Å². The smallest absolute Gasteiger partial charge is 0.274 e. The molecule has 1 heterocycles. The van der Waals surface area contributed by atoms with E-state index in [2.05, 4.69) is 18.9 Å². The lowest BCUT2D eigenvalue weighted by molar-refractivity contribution is 0.0311. The van der Waals surface area contributed by atoms with Crippen molar-refractivity contribution in [1.29, 1.82) is 0 Å². The van der Waals surface area contributed by atoms with Gasteiger partial charge in [-0.2, -0.15) is 5.10 Å². The SMILES string of the molecule is CCN(CC(C)(C)O)C(=O)c1cc(C(C)C)n(C)n1. The fraction of sp³-hybridized carbons (Fsp3) is 0.714. The van der Waals surface area contributed by atoms with Gasteiger partial charge in [0, 0.05) is 25.8 Å². The van der Waals surface area contributed by atoms with Gasteiger partial charge in [0.25, 0.3) is 5.91 Å². The lowest BCUT2D eigenvalue weighted by Gasteiger charge is -2.27. The summed E-state index contributed by atoms with van der Waals surface area (Å²) >= 11 is 0. The van der Waals surface area contributed by atoms with E-state index in [1.807, 2.05) is 20.0 Å². The fourth-order valence-electron chi connectivity index (χ4n) is 2.08. The molecule has 0 saturated carbocycles. The first kappa shape index (κ1) is 15.7. The molecular weight excluding hydrogens is 242 g/mol. The number of carbonyl (C=O) groups is 1. The zero-order chi connectivity index (χ0) is 14.8. The van der Waals surface area contributed by atoms with E-state index >= 15 is 0 Å². The molecule has 1 amide bonds. The summed E-state index contributed by atoms with van der Waals surface area (Å²) in [6.45, 7) is 10.3. The van der Waals surface area contributed by atoms with E-state index in [1.165, 1.54) is 0 Å². The van der Waals surface area contributed by atoms with Crippen LogP contribution in [-0.2, 0) is 7.05 Å². The van der Waals surface area contributed by atoms with Gasteiger partial charge >= 0.3 is 0 Å². The Morgan fingerprint density at radius 2 is 2.11 bits per heavy atom. The Morgan fingerprint density at radius 1 is 1.53 bits per heavy atom. The molecule has 19 heavy (non-hydrogen) atoms. The molecule has 0 aromatic carbocycles. The van der Waals surface area contributed by atoms with Crippen LogP contribution in [0.5, 0.6) is 0 Å². The van der Waals surface area contributed by atoms with Crippen LogP contribution in [0.2, 0.25) is 0 Å². The third-order valence-corrected chi connectivity index (χ3v) is 2.97. The minimum Gasteiger partial charge on any atom is -0.389 e. The van der Waals surface area contributed by atoms with Crippen molar-refractivity contribution in [3.8, 4) is 0 Å². The molecule has 0 aliphatic heterocycles. The van der Waals surface area contributed by atoms with Gasteiger partial charge in [-0.3, -0.25) is 9.48 Å². The molecule has 0 unspecified atom stereocenters. The number of nitrogens with zero attached hydrogens (tertiary/aromatic N) is 3. The maximum atomic E-state index is 12.4. The number of likely N-dealkylation sites (N-methyl/N-ethyl adjacent to an activating group) is 1. The van der Waals surface area contributed by atoms with Gasteiger partial charge in [-0.15, -0.1) is 0 Å². The highest BCUT2D eigenvalue weighted by molar-refractivity contribution is 5.92. The van der Waals surface area contributed by atoms with Crippen molar-refractivity contribution >= 4 is 5.91 Å². The van der Waals surface area contributed by atoms with Crippen molar-refractivity contribution in [3.63, 3.8) is 0 Å². The molecule has 1 aromatic heterocycles. The first-order valence-corrected chi connectivity index (χ1v) is 6.71. The molecule has 0 bridgehead atoms. The monoisotopic (exact) mass is 267 g/mol. The molecule has 0 aliphatic rings. The van der Waals surface area contributed by atoms with E-state index in [0.717, 1.165) is 5.69 Å². The Hall–Kier alpha value is -1.36. The van der Waals surface area contributed by atoms with Crippen LogP contribution in [0.15, 0.2) is 6.07 Å². The number of aliphatic hydroxyl groups is 1.